The van der Waals surface area contributed by atoms with Crippen molar-refractivity contribution in [3.63, 3.8) is 0 Å². The van der Waals surface area contributed by atoms with Crippen LogP contribution in [-0.2, 0) is 17.8 Å². The zero-order valence-corrected chi connectivity index (χ0v) is 14.5. The van der Waals surface area contributed by atoms with Crippen molar-refractivity contribution in [1.82, 2.24) is 25.6 Å². The van der Waals surface area contributed by atoms with Crippen LogP contribution in [0.4, 0.5) is 4.79 Å². The highest BCUT2D eigenvalue weighted by Crippen LogP contribution is 2.06. The van der Waals surface area contributed by atoms with Gasteiger partial charge in [0.15, 0.2) is 0 Å². The Morgan fingerprint density at radius 1 is 1.42 bits per heavy atom. The first-order valence-electron chi connectivity index (χ1n) is 7.98. The largest absolute Gasteiger partial charge is 0.444 e. The zero-order chi connectivity index (χ0) is 17.8. The average Bonchev–Trinajstić information content (AvgIpc) is 2.93. The molecule has 0 atom stereocenters. The maximum Gasteiger partial charge on any atom is 0.407 e. The van der Waals surface area contributed by atoms with Crippen molar-refractivity contribution in [3.8, 4) is 0 Å². The number of alkyl carbamates (subject to hydrolysis) is 1. The molecule has 134 valence electrons. The van der Waals surface area contributed by atoms with Gasteiger partial charge in [0.05, 0.1) is 5.69 Å². The van der Waals surface area contributed by atoms with Crippen LogP contribution in [0.2, 0.25) is 0 Å². The van der Waals surface area contributed by atoms with Gasteiger partial charge < -0.3 is 15.4 Å². The van der Waals surface area contributed by atoms with Crippen LogP contribution in [0.15, 0.2) is 11.3 Å². The van der Waals surface area contributed by atoms with E-state index in [1.807, 2.05) is 27.0 Å². The standard InChI is InChI=1S/C14H26N8O2/c1-14(2,3)24-13(23)17-7-5-9-22-11-12(19-21-22)10-16-6-4-8-18-20-15/h11,16H,4-10H2,1-3H3,(H,17,23). The summed E-state index contributed by atoms with van der Waals surface area (Å²) in [5, 5.41) is 17.5. The Morgan fingerprint density at radius 3 is 2.92 bits per heavy atom. The Balaban J connectivity index is 2.13. The van der Waals surface area contributed by atoms with E-state index >= 15 is 0 Å². The minimum absolute atomic E-state index is 0.410. The highest BCUT2D eigenvalue weighted by atomic mass is 16.6. The lowest BCUT2D eigenvalue weighted by atomic mass is 10.2. The van der Waals surface area contributed by atoms with Gasteiger partial charge in [-0.1, -0.05) is 10.3 Å². The molecule has 1 heterocycles. The molecule has 10 heteroatoms. The normalized spacial score (nSPS) is 11.0. The zero-order valence-electron chi connectivity index (χ0n) is 14.5. The molecule has 0 spiro atoms. The first-order chi connectivity index (χ1) is 11.4. The number of ether oxygens (including phenoxy) is 1. The number of azide groups is 1. The predicted molar refractivity (Wildman–Crippen MR) is 89.2 cm³/mol. The van der Waals surface area contributed by atoms with Crippen LogP contribution >= 0.6 is 0 Å². The maximum absolute atomic E-state index is 11.5. The number of aromatic nitrogens is 3. The summed E-state index contributed by atoms with van der Waals surface area (Å²) in [6.45, 7) is 8.53. The maximum atomic E-state index is 11.5. The minimum atomic E-state index is -0.487. The lowest BCUT2D eigenvalue weighted by molar-refractivity contribution is 0.0526. The number of nitrogens with zero attached hydrogens (tertiary/aromatic N) is 6. The lowest BCUT2D eigenvalue weighted by Crippen LogP contribution is -2.33. The summed E-state index contributed by atoms with van der Waals surface area (Å²) < 4.78 is 6.90. The predicted octanol–water partition coefficient (Wildman–Crippen LogP) is 1.98. The van der Waals surface area contributed by atoms with Gasteiger partial charge in [0.2, 0.25) is 0 Å². The molecule has 0 aliphatic heterocycles. The van der Waals surface area contributed by atoms with Gasteiger partial charge in [-0.15, -0.1) is 5.10 Å². The average molecular weight is 338 g/mol. The van der Waals surface area contributed by atoms with E-state index in [9.17, 15) is 4.79 Å². The van der Waals surface area contributed by atoms with E-state index in [4.69, 9.17) is 10.3 Å². The van der Waals surface area contributed by atoms with Crippen molar-refractivity contribution >= 4 is 6.09 Å². The summed E-state index contributed by atoms with van der Waals surface area (Å²) in [4.78, 5) is 14.2. The summed E-state index contributed by atoms with van der Waals surface area (Å²) in [5.41, 5.74) is 8.52. The van der Waals surface area contributed by atoms with E-state index in [1.165, 1.54) is 0 Å². The van der Waals surface area contributed by atoms with E-state index in [-0.39, 0.29) is 0 Å². The molecule has 0 aromatic carbocycles. The van der Waals surface area contributed by atoms with Crippen molar-refractivity contribution in [2.24, 2.45) is 5.11 Å². The van der Waals surface area contributed by atoms with E-state index in [0.717, 1.165) is 25.1 Å². The molecule has 0 aliphatic carbocycles. The van der Waals surface area contributed by atoms with E-state index in [1.54, 1.807) is 4.68 Å². The van der Waals surface area contributed by atoms with Crippen molar-refractivity contribution < 1.29 is 9.53 Å². The topological polar surface area (TPSA) is 130 Å². The molecule has 0 bridgehead atoms. The number of amides is 1. The van der Waals surface area contributed by atoms with Gasteiger partial charge in [0.1, 0.15) is 5.60 Å². The Bertz CT molecular complexity index is 545. The fraction of sp³-hybridized carbons (Fsp3) is 0.786. The van der Waals surface area contributed by atoms with E-state index < -0.39 is 11.7 Å². The van der Waals surface area contributed by atoms with Crippen LogP contribution in [0, 0.1) is 0 Å². The number of rotatable bonds is 10. The Kier molecular flexibility index (Phi) is 8.59. The molecule has 1 amide bonds. The lowest BCUT2D eigenvalue weighted by Gasteiger charge is -2.19. The fourth-order valence-electron chi connectivity index (χ4n) is 1.81. The van der Waals surface area contributed by atoms with Crippen LogP contribution in [0.5, 0.6) is 0 Å². The van der Waals surface area contributed by atoms with Gasteiger partial charge in [-0.25, -0.2) is 4.79 Å². The number of hydrogen-bond acceptors (Lipinski definition) is 6. The monoisotopic (exact) mass is 338 g/mol. The molecule has 0 saturated heterocycles. The van der Waals surface area contributed by atoms with Crippen LogP contribution in [0.1, 0.15) is 39.3 Å². The molecule has 1 aromatic heterocycles. The molecule has 24 heavy (non-hydrogen) atoms. The van der Waals surface area contributed by atoms with Gasteiger partial charge in [0.25, 0.3) is 0 Å². The molecule has 1 rings (SSSR count). The van der Waals surface area contributed by atoms with Gasteiger partial charge in [-0.3, -0.25) is 4.68 Å². The quantitative estimate of drug-likeness (QED) is 0.291. The van der Waals surface area contributed by atoms with Crippen molar-refractivity contribution in [3.05, 3.63) is 22.3 Å². The third kappa shape index (κ3) is 9.65. The number of carbonyl (C=O) groups is 1. The van der Waals surface area contributed by atoms with Crippen LogP contribution in [0.25, 0.3) is 10.4 Å². The van der Waals surface area contributed by atoms with Gasteiger partial charge in [-0.2, -0.15) is 0 Å². The number of carbonyl (C=O) groups excluding carboxylic acids is 1. The van der Waals surface area contributed by atoms with Gasteiger partial charge in [0, 0.05) is 37.3 Å². The summed E-state index contributed by atoms with van der Waals surface area (Å²) in [6, 6.07) is 0. The molecule has 10 nitrogen and oxygen atoms in total. The second kappa shape index (κ2) is 10.5. The van der Waals surface area contributed by atoms with Crippen LogP contribution in [0.3, 0.4) is 0 Å². The summed E-state index contributed by atoms with van der Waals surface area (Å²) in [5.74, 6) is 0. The summed E-state index contributed by atoms with van der Waals surface area (Å²) in [7, 11) is 0. The third-order valence-electron chi connectivity index (χ3n) is 2.80. The second-order valence-corrected chi connectivity index (χ2v) is 6.24. The Morgan fingerprint density at radius 2 is 2.21 bits per heavy atom. The Labute approximate surface area is 141 Å². The second-order valence-electron chi connectivity index (χ2n) is 6.24. The molecular weight excluding hydrogens is 312 g/mol. The highest BCUT2D eigenvalue weighted by molar-refractivity contribution is 5.67. The third-order valence-corrected chi connectivity index (χ3v) is 2.80. The van der Waals surface area contributed by atoms with Gasteiger partial charge >= 0.3 is 6.09 Å². The number of nitrogens with one attached hydrogen (secondary N) is 2. The molecule has 2 N–H and O–H groups in total. The van der Waals surface area contributed by atoms with Crippen molar-refractivity contribution in [2.45, 2.75) is 52.3 Å². The SMILES string of the molecule is CC(C)(C)OC(=O)NCCCn1cc(CNCCCN=[N+]=[N-])nn1. The van der Waals surface area contributed by atoms with E-state index in [0.29, 0.717) is 26.2 Å². The first-order valence-corrected chi connectivity index (χ1v) is 7.98. The molecular formula is C14H26N8O2. The first kappa shape index (κ1) is 19.7. The van der Waals surface area contributed by atoms with Crippen molar-refractivity contribution in [2.75, 3.05) is 19.6 Å². The smallest absolute Gasteiger partial charge is 0.407 e. The molecule has 0 radical (unpaired) electrons. The van der Waals surface area contributed by atoms with Crippen LogP contribution < -0.4 is 10.6 Å². The Hall–Kier alpha value is -2.32. The fourth-order valence-corrected chi connectivity index (χ4v) is 1.81. The molecule has 0 unspecified atom stereocenters. The molecule has 0 aliphatic rings. The summed E-state index contributed by atoms with van der Waals surface area (Å²) >= 11 is 0. The summed E-state index contributed by atoms with van der Waals surface area (Å²) in [6.07, 6.45) is 2.98. The van der Waals surface area contributed by atoms with Crippen LogP contribution in [-0.4, -0.2) is 46.3 Å². The molecule has 1 aromatic rings. The van der Waals surface area contributed by atoms with Gasteiger partial charge in [-0.05, 0) is 45.7 Å². The van der Waals surface area contributed by atoms with Crippen molar-refractivity contribution in [1.29, 1.82) is 0 Å². The number of hydrogen-bond donors (Lipinski definition) is 2. The highest BCUT2D eigenvalue weighted by Gasteiger charge is 2.15. The number of aryl methyl sites for hydroxylation is 1. The molecule has 0 saturated carbocycles. The molecule has 0 fully saturated rings. The van der Waals surface area contributed by atoms with E-state index in [2.05, 4.69) is 31.0 Å². The minimum Gasteiger partial charge on any atom is -0.444 e.